The van der Waals surface area contributed by atoms with Crippen LogP contribution in [0.25, 0.3) is 0 Å². The molecule has 0 amide bonds. The number of likely N-dealkylation sites (tertiary alicyclic amines) is 1. The van der Waals surface area contributed by atoms with Crippen molar-refractivity contribution in [2.24, 2.45) is 0 Å². The number of sulfonamides is 1. The number of nitrogens with zero attached hydrogens (tertiary/aromatic N) is 3. The summed E-state index contributed by atoms with van der Waals surface area (Å²) in [6.45, 7) is 3.26. The first-order chi connectivity index (χ1) is 9.97. The molecular formula is C12H20N4O4S. The molecule has 21 heavy (non-hydrogen) atoms. The zero-order chi connectivity index (χ0) is 15.3. The first-order valence-electron chi connectivity index (χ1n) is 6.94. The van der Waals surface area contributed by atoms with Gasteiger partial charge in [-0.05, 0) is 25.9 Å². The van der Waals surface area contributed by atoms with Crippen molar-refractivity contribution in [1.82, 2.24) is 19.4 Å². The number of rotatable bonds is 8. The molecule has 1 fully saturated rings. The fraction of sp³-hybridized carbons (Fsp3) is 0.667. The van der Waals surface area contributed by atoms with Gasteiger partial charge in [0, 0.05) is 19.3 Å². The molecule has 0 aromatic carbocycles. The van der Waals surface area contributed by atoms with Gasteiger partial charge in [0.15, 0.2) is 0 Å². The van der Waals surface area contributed by atoms with Crippen LogP contribution >= 0.6 is 0 Å². The lowest BCUT2D eigenvalue weighted by Gasteiger charge is -2.14. The van der Waals surface area contributed by atoms with Crippen molar-refractivity contribution in [3.63, 3.8) is 0 Å². The summed E-state index contributed by atoms with van der Waals surface area (Å²) in [5.41, 5.74) is 0. The molecule has 1 aromatic heterocycles. The van der Waals surface area contributed by atoms with Crippen molar-refractivity contribution in [2.45, 2.75) is 30.7 Å². The van der Waals surface area contributed by atoms with E-state index in [0.717, 1.165) is 13.1 Å². The molecule has 1 aliphatic heterocycles. The number of carboxylic acid groups (broad SMARTS) is 1. The van der Waals surface area contributed by atoms with Crippen LogP contribution in [0.3, 0.4) is 0 Å². The Balaban J connectivity index is 1.85. The molecule has 0 spiro atoms. The molecule has 0 saturated carbocycles. The molecule has 8 nitrogen and oxygen atoms in total. The predicted molar refractivity (Wildman–Crippen MR) is 75.3 cm³/mol. The van der Waals surface area contributed by atoms with E-state index in [4.69, 9.17) is 5.11 Å². The van der Waals surface area contributed by atoms with Crippen LogP contribution in [0.15, 0.2) is 17.3 Å². The van der Waals surface area contributed by atoms with E-state index in [2.05, 4.69) is 14.7 Å². The lowest BCUT2D eigenvalue weighted by atomic mass is 10.4. The van der Waals surface area contributed by atoms with Crippen LogP contribution in [0, 0.1) is 0 Å². The van der Waals surface area contributed by atoms with Gasteiger partial charge in [-0.2, -0.15) is 5.10 Å². The van der Waals surface area contributed by atoms with E-state index in [0.29, 0.717) is 13.1 Å². The third kappa shape index (κ3) is 4.80. The summed E-state index contributed by atoms with van der Waals surface area (Å²) in [5, 5.41) is 12.4. The summed E-state index contributed by atoms with van der Waals surface area (Å²) in [5.74, 6) is -0.946. The smallest absolute Gasteiger partial charge is 0.305 e. The molecule has 0 atom stereocenters. The summed E-state index contributed by atoms with van der Waals surface area (Å²) >= 11 is 0. The topological polar surface area (TPSA) is 105 Å². The van der Waals surface area contributed by atoms with Crippen LogP contribution in [0.2, 0.25) is 0 Å². The quantitative estimate of drug-likeness (QED) is 0.684. The lowest BCUT2D eigenvalue weighted by Crippen LogP contribution is -2.33. The minimum absolute atomic E-state index is 0.0642. The van der Waals surface area contributed by atoms with Crippen LogP contribution in [0.4, 0.5) is 0 Å². The molecule has 118 valence electrons. The average molecular weight is 316 g/mol. The summed E-state index contributed by atoms with van der Waals surface area (Å²) in [7, 11) is -3.58. The number of hydrogen-bond acceptors (Lipinski definition) is 5. The maximum Gasteiger partial charge on any atom is 0.305 e. The lowest BCUT2D eigenvalue weighted by molar-refractivity contribution is -0.137. The van der Waals surface area contributed by atoms with E-state index in [9.17, 15) is 13.2 Å². The van der Waals surface area contributed by atoms with Gasteiger partial charge in [0.25, 0.3) is 0 Å². The summed E-state index contributed by atoms with van der Waals surface area (Å²) in [6.07, 6.45) is 4.83. The van der Waals surface area contributed by atoms with Gasteiger partial charge in [0.2, 0.25) is 10.0 Å². The van der Waals surface area contributed by atoms with E-state index in [1.54, 1.807) is 0 Å². The zero-order valence-electron chi connectivity index (χ0n) is 11.7. The molecule has 2 rings (SSSR count). The Bertz CT molecular complexity index is 578. The van der Waals surface area contributed by atoms with E-state index in [1.165, 1.54) is 29.9 Å². The minimum atomic E-state index is -3.58. The molecule has 1 saturated heterocycles. The number of aryl methyl sites for hydroxylation is 1. The zero-order valence-corrected chi connectivity index (χ0v) is 12.5. The fourth-order valence-corrected chi connectivity index (χ4v) is 3.22. The number of carboxylic acids is 1. The maximum atomic E-state index is 12.1. The first kappa shape index (κ1) is 15.9. The van der Waals surface area contributed by atoms with Crippen LogP contribution in [-0.4, -0.2) is 60.4 Å². The highest BCUT2D eigenvalue weighted by atomic mass is 32.2. The monoisotopic (exact) mass is 316 g/mol. The van der Waals surface area contributed by atoms with Crippen molar-refractivity contribution >= 4 is 16.0 Å². The Hall–Kier alpha value is -1.45. The number of aromatic nitrogens is 2. The highest BCUT2D eigenvalue weighted by molar-refractivity contribution is 7.89. The number of hydrogen-bond donors (Lipinski definition) is 2. The van der Waals surface area contributed by atoms with Crippen molar-refractivity contribution in [2.75, 3.05) is 26.2 Å². The Kier molecular flexibility index (Phi) is 5.32. The molecule has 2 heterocycles. The van der Waals surface area contributed by atoms with Gasteiger partial charge in [-0.15, -0.1) is 0 Å². The van der Waals surface area contributed by atoms with Gasteiger partial charge in [0.05, 0.1) is 19.2 Å². The van der Waals surface area contributed by atoms with Gasteiger partial charge in [-0.25, -0.2) is 13.1 Å². The molecule has 1 aliphatic rings. The number of aliphatic carboxylic acids is 1. The number of carbonyl (C=O) groups is 1. The van der Waals surface area contributed by atoms with E-state index >= 15 is 0 Å². The molecule has 0 bridgehead atoms. The Morgan fingerprint density at radius 3 is 2.71 bits per heavy atom. The maximum absolute atomic E-state index is 12.1. The second-order valence-electron chi connectivity index (χ2n) is 5.03. The average Bonchev–Trinajstić information content (AvgIpc) is 3.07. The Morgan fingerprint density at radius 2 is 2.05 bits per heavy atom. The number of nitrogens with one attached hydrogen (secondary N) is 1. The van der Waals surface area contributed by atoms with Crippen molar-refractivity contribution in [3.05, 3.63) is 12.4 Å². The van der Waals surface area contributed by atoms with Gasteiger partial charge in [-0.1, -0.05) is 0 Å². The van der Waals surface area contributed by atoms with Crippen molar-refractivity contribution < 1.29 is 18.3 Å². The third-order valence-corrected chi connectivity index (χ3v) is 4.81. The summed E-state index contributed by atoms with van der Waals surface area (Å²) in [4.78, 5) is 12.8. The standard InChI is InChI=1S/C12H20N4O4S/c17-12(18)3-7-16-10-11(9-13-16)21(19,20)14-4-8-15-5-1-2-6-15/h9-10,14H,1-8H2,(H,17,18). The SMILES string of the molecule is O=C(O)CCn1cc(S(=O)(=O)NCCN2CCCC2)cn1. The summed E-state index contributed by atoms with van der Waals surface area (Å²) < 4.78 is 28.0. The van der Waals surface area contributed by atoms with Gasteiger partial charge >= 0.3 is 5.97 Å². The molecule has 9 heteroatoms. The summed E-state index contributed by atoms with van der Waals surface area (Å²) in [6, 6.07) is 0. The second kappa shape index (κ2) is 7.01. The highest BCUT2D eigenvalue weighted by Gasteiger charge is 2.17. The van der Waals surface area contributed by atoms with Crippen LogP contribution in [0.5, 0.6) is 0 Å². The van der Waals surface area contributed by atoms with Crippen LogP contribution in [0.1, 0.15) is 19.3 Å². The fourth-order valence-electron chi connectivity index (χ4n) is 2.24. The molecule has 0 radical (unpaired) electrons. The minimum Gasteiger partial charge on any atom is -0.481 e. The highest BCUT2D eigenvalue weighted by Crippen LogP contribution is 2.08. The van der Waals surface area contributed by atoms with Gasteiger partial charge in [0.1, 0.15) is 4.90 Å². The van der Waals surface area contributed by atoms with Crippen molar-refractivity contribution in [1.29, 1.82) is 0 Å². The normalized spacial score (nSPS) is 16.4. The second-order valence-corrected chi connectivity index (χ2v) is 6.80. The largest absolute Gasteiger partial charge is 0.481 e. The molecular weight excluding hydrogens is 296 g/mol. The molecule has 0 aliphatic carbocycles. The van der Waals surface area contributed by atoms with E-state index in [-0.39, 0.29) is 17.9 Å². The first-order valence-corrected chi connectivity index (χ1v) is 8.42. The van der Waals surface area contributed by atoms with E-state index in [1.807, 2.05) is 0 Å². The van der Waals surface area contributed by atoms with Crippen LogP contribution < -0.4 is 4.72 Å². The van der Waals surface area contributed by atoms with Crippen LogP contribution in [-0.2, 0) is 21.4 Å². The third-order valence-electron chi connectivity index (χ3n) is 3.39. The van der Waals surface area contributed by atoms with Crippen molar-refractivity contribution in [3.8, 4) is 0 Å². The van der Waals surface area contributed by atoms with E-state index < -0.39 is 16.0 Å². The van der Waals surface area contributed by atoms with Gasteiger partial charge in [-0.3, -0.25) is 9.48 Å². The molecule has 2 N–H and O–H groups in total. The molecule has 0 unspecified atom stereocenters. The Labute approximate surface area is 123 Å². The van der Waals surface area contributed by atoms with Gasteiger partial charge < -0.3 is 10.0 Å². The predicted octanol–water partition coefficient (Wildman–Crippen LogP) is -0.268. The molecule has 1 aromatic rings. The Morgan fingerprint density at radius 1 is 1.33 bits per heavy atom.